The molecule has 170 valence electrons. The van der Waals surface area contributed by atoms with Crippen molar-refractivity contribution in [1.29, 1.82) is 0 Å². The van der Waals surface area contributed by atoms with Gasteiger partial charge in [0.25, 0.3) is 0 Å². The van der Waals surface area contributed by atoms with Crippen LogP contribution in [0.1, 0.15) is 102 Å². The molecule has 1 aliphatic rings. The van der Waals surface area contributed by atoms with E-state index < -0.39 is 0 Å². The van der Waals surface area contributed by atoms with E-state index in [9.17, 15) is 10.1 Å². The lowest BCUT2D eigenvalue weighted by molar-refractivity contribution is -0.386. The molecule has 1 unspecified atom stereocenters. The number of aryl methyl sites for hydroxylation is 1. The lowest BCUT2D eigenvalue weighted by Gasteiger charge is -2.28. The van der Waals surface area contributed by atoms with Crippen LogP contribution >= 0.6 is 0 Å². The maximum Gasteiger partial charge on any atom is 0.317 e. The molecule has 0 radical (unpaired) electrons. The highest BCUT2D eigenvalue weighted by molar-refractivity contribution is 5.62. The molecule has 1 heterocycles. The maximum absolute atomic E-state index is 11.4. The van der Waals surface area contributed by atoms with Crippen molar-refractivity contribution in [1.82, 2.24) is 0 Å². The number of fused-ring (bicyclic) bond motifs is 1. The van der Waals surface area contributed by atoms with E-state index in [2.05, 4.69) is 13.8 Å². The molecule has 0 aliphatic carbocycles. The van der Waals surface area contributed by atoms with Crippen LogP contribution in [0.4, 0.5) is 5.69 Å². The van der Waals surface area contributed by atoms with Gasteiger partial charge in [-0.05, 0) is 50.2 Å². The lowest BCUT2D eigenvalue weighted by atomic mass is 9.95. The van der Waals surface area contributed by atoms with Crippen molar-refractivity contribution in [3.63, 3.8) is 0 Å². The molecule has 0 amide bonds. The maximum atomic E-state index is 11.4. The molecule has 0 N–H and O–H groups in total. The van der Waals surface area contributed by atoms with Gasteiger partial charge in [0, 0.05) is 0 Å². The minimum Gasteiger partial charge on any atom is -0.490 e. The van der Waals surface area contributed by atoms with Gasteiger partial charge in [0.15, 0.2) is 5.75 Å². The Morgan fingerprint density at radius 2 is 1.70 bits per heavy atom. The highest BCUT2D eigenvalue weighted by atomic mass is 16.6. The molecule has 30 heavy (non-hydrogen) atoms. The van der Waals surface area contributed by atoms with Crippen LogP contribution < -0.4 is 9.47 Å². The summed E-state index contributed by atoms with van der Waals surface area (Å²) in [6.07, 6.45) is 16.4. The first kappa shape index (κ1) is 24.5. The topological polar surface area (TPSA) is 61.6 Å². The number of unbranched alkanes of at least 4 members (excludes halogenated alkanes) is 8. The summed E-state index contributed by atoms with van der Waals surface area (Å²) >= 11 is 0. The van der Waals surface area contributed by atoms with Gasteiger partial charge in [-0.15, -0.1) is 0 Å². The van der Waals surface area contributed by atoms with Crippen molar-refractivity contribution in [3.05, 3.63) is 27.3 Å². The molecular formula is C25H41NO4. The largest absolute Gasteiger partial charge is 0.490 e. The predicted octanol–water partition coefficient (Wildman–Crippen LogP) is 7.55. The normalized spacial score (nSPS) is 15.7. The highest BCUT2D eigenvalue weighted by Crippen LogP contribution is 2.42. The first-order valence-electron chi connectivity index (χ1n) is 12.0. The van der Waals surface area contributed by atoms with E-state index in [0.29, 0.717) is 17.1 Å². The zero-order chi connectivity index (χ0) is 21.9. The van der Waals surface area contributed by atoms with E-state index in [4.69, 9.17) is 9.47 Å². The fraction of sp³-hybridized carbons (Fsp3) is 0.760. The predicted molar refractivity (Wildman–Crippen MR) is 123 cm³/mol. The second-order valence-electron chi connectivity index (χ2n) is 9.23. The summed E-state index contributed by atoms with van der Waals surface area (Å²) in [5.41, 5.74) is 1.65. The summed E-state index contributed by atoms with van der Waals surface area (Å²) < 4.78 is 11.4. The zero-order valence-corrected chi connectivity index (χ0v) is 19.5. The minimum atomic E-state index is -0.369. The van der Waals surface area contributed by atoms with Gasteiger partial charge in [-0.2, -0.15) is 0 Å². The summed E-state index contributed by atoms with van der Waals surface area (Å²) in [6.45, 7) is 6.38. The minimum absolute atomic E-state index is 0.0288. The molecule has 1 aromatic rings. The average Bonchev–Trinajstić information content (AvgIpc) is 2.71. The molecule has 0 saturated carbocycles. The van der Waals surface area contributed by atoms with Crippen molar-refractivity contribution in [2.24, 2.45) is 5.92 Å². The van der Waals surface area contributed by atoms with Gasteiger partial charge in [-0.1, -0.05) is 71.6 Å². The number of hydrogen-bond donors (Lipinski definition) is 0. The van der Waals surface area contributed by atoms with Crippen LogP contribution in [-0.4, -0.2) is 18.1 Å². The number of nitrogens with zero attached hydrogens (tertiary/aromatic N) is 1. The summed E-state index contributed by atoms with van der Waals surface area (Å²) in [6, 6.07) is 1.78. The smallest absolute Gasteiger partial charge is 0.317 e. The number of nitro groups is 1. The van der Waals surface area contributed by atoms with Crippen LogP contribution in [0.2, 0.25) is 0 Å². The molecule has 2 rings (SSSR count). The van der Waals surface area contributed by atoms with Gasteiger partial charge in [-0.3, -0.25) is 10.1 Å². The Morgan fingerprint density at radius 3 is 2.27 bits per heavy atom. The van der Waals surface area contributed by atoms with Crippen LogP contribution in [0, 0.1) is 23.0 Å². The summed E-state index contributed by atoms with van der Waals surface area (Å²) in [4.78, 5) is 11.1. The third-order valence-electron chi connectivity index (χ3n) is 6.26. The van der Waals surface area contributed by atoms with E-state index in [1.54, 1.807) is 13.0 Å². The van der Waals surface area contributed by atoms with Gasteiger partial charge in [0.05, 0.1) is 23.7 Å². The number of methoxy groups -OCH3 is 1. The van der Waals surface area contributed by atoms with E-state index in [0.717, 1.165) is 30.7 Å². The second-order valence-corrected chi connectivity index (χ2v) is 9.23. The van der Waals surface area contributed by atoms with Gasteiger partial charge in [0.1, 0.15) is 5.75 Å². The molecule has 0 saturated heterocycles. The van der Waals surface area contributed by atoms with E-state index in [1.807, 2.05) is 0 Å². The first-order valence-corrected chi connectivity index (χ1v) is 12.0. The van der Waals surface area contributed by atoms with Gasteiger partial charge < -0.3 is 9.47 Å². The Balaban J connectivity index is 1.65. The average molecular weight is 420 g/mol. The van der Waals surface area contributed by atoms with Crippen molar-refractivity contribution in [2.75, 3.05) is 7.11 Å². The van der Waals surface area contributed by atoms with Gasteiger partial charge >= 0.3 is 5.69 Å². The molecular weight excluding hydrogens is 378 g/mol. The van der Waals surface area contributed by atoms with Crippen molar-refractivity contribution >= 4 is 5.69 Å². The van der Waals surface area contributed by atoms with Crippen LogP contribution in [-0.2, 0) is 6.42 Å². The van der Waals surface area contributed by atoms with Crippen molar-refractivity contribution < 1.29 is 14.4 Å². The quantitative estimate of drug-likeness (QED) is 0.177. The van der Waals surface area contributed by atoms with Gasteiger partial charge in [-0.25, -0.2) is 0 Å². The Kier molecular flexibility index (Phi) is 10.5. The number of nitro benzene ring substituents is 1. The molecule has 1 atom stereocenters. The molecule has 0 fully saturated rings. The zero-order valence-electron chi connectivity index (χ0n) is 19.5. The van der Waals surface area contributed by atoms with Crippen LogP contribution in [0.5, 0.6) is 11.5 Å². The lowest BCUT2D eigenvalue weighted by Crippen LogP contribution is -2.23. The Hall–Kier alpha value is -1.78. The SMILES string of the molecule is COc1cc2c(c(C)c1[N+](=O)[O-])OC(CCCCCCCCCCCC(C)C)CC2. The third kappa shape index (κ3) is 7.48. The van der Waals surface area contributed by atoms with E-state index in [1.165, 1.54) is 71.3 Å². The monoisotopic (exact) mass is 419 g/mol. The van der Waals surface area contributed by atoms with Crippen LogP contribution in [0.15, 0.2) is 6.07 Å². The molecule has 1 aromatic carbocycles. The Labute approximate surface area is 182 Å². The summed E-state index contributed by atoms with van der Waals surface area (Å²) in [7, 11) is 1.48. The van der Waals surface area contributed by atoms with Crippen LogP contribution in [0.3, 0.4) is 0 Å². The standard InChI is InChI=1S/C25H41NO4/c1-19(2)14-12-10-8-6-5-7-9-11-13-15-22-17-16-21-18-23(29-4)24(26(27)28)20(3)25(21)30-22/h18-19,22H,5-17H2,1-4H3. The van der Waals surface area contributed by atoms with E-state index in [-0.39, 0.29) is 16.7 Å². The highest BCUT2D eigenvalue weighted by Gasteiger charge is 2.29. The molecule has 5 nitrogen and oxygen atoms in total. The summed E-state index contributed by atoms with van der Waals surface area (Å²) in [5.74, 6) is 1.88. The second kappa shape index (κ2) is 12.8. The molecule has 5 heteroatoms. The van der Waals surface area contributed by atoms with Crippen LogP contribution in [0.25, 0.3) is 0 Å². The van der Waals surface area contributed by atoms with E-state index >= 15 is 0 Å². The number of rotatable bonds is 14. The molecule has 0 aromatic heterocycles. The van der Waals surface area contributed by atoms with Gasteiger partial charge in [0.2, 0.25) is 0 Å². The van der Waals surface area contributed by atoms with Crippen molar-refractivity contribution in [3.8, 4) is 11.5 Å². The fourth-order valence-electron chi connectivity index (χ4n) is 4.46. The number of benzene rings is 1. The Morgan fingerprint density at radius 1 is 1.10 bits per heavy atom. The molecule has 1 aliphatic heterocycles. The Bertz CT molecular complexity index is 672. The molecule has 0 bridgehead atoms. The third-order valence-corrected chi connectivity index (χ3v) is 6.26. The molecule has 0 spiro atoms. The van der Waals surface area contributed by atoms with Crippen molar-refractivity contribution in [2.45, 2.75) is 110 Å². The fourth-order valence-corrected chi connectivity index (χ4v) is 4.46. The summed E-state index contributed by atoms with van der Waals surface area (Å²) in [5, 5.41) is 11.4. The first-order chi connectivity index (χ1) is 14.4. The number of hydrogen-bond acceptors (Lipinski definition) is 4. The number of ether oxygens (including phenoxy) is 2.